The molecule has 0 unspecified atom stereocenters. The molecule has 2 rings (SSSR count). The van der Waals surface area contributed by atoms with Crippen molar-refractivity contribution in [2.75, 3.05) is 11.1 Å². The topological polar surface area (TPSA) is 98.3 Å². The summed E-state index contributed by atoms with van der Waals surface area (Å²) in [6, 6.07) is 11.2. The summed E-state index contributed by atoms with van der Waals surface area (Å²) in [5, 5.41) is 13.6. The summed E-state index contributed by atoms with van der Waals surface area (Å²) in [7, 11) is 0. The number of nitrogen functional groups attached to an aromatic ring is 1. The highest BCUT2D eigenvalue weighted by Gasteiger charge is 2.23. The molecular weight excluding hydrogens is 326 g/mol. The number of nitrogens with zero attached hydrogens (tertiary/aromatic N) is 1. The molecule has 0 heterocycles. The maximum absolute atomic E-state index is 12.2. The van der Waals surface area contributed by atoms with Crippen LogP contribution in [0.25, 0.3) is 0 Å². The SMILES string of the molecule is Nc1cccc(C(=O)Nc2ccccc2Br)c1[N+](=O)[O-]. The molecule has 0 aliphatic carbocycles. The van der Waals surface area contributed by atoms with Crippen LogP contribution in [0.15, 0.2) is 46.9 Å². The fourth-order valence-corrected chi connectivity index (χ4v) is 2.08. The van der Waals surface area contributed by atoms with E-state index in [-0.39, 0.29) is 11.3 Å². The van der Waals surface area contributed by atoms with E-state index in [1.54, 1.807) is 24.3 Å². The van der Waals surface area contributed by atoms with Gasteiger partial charge in [-0.05, 0) is 40.2 Å². The third-order valence-electron chi connectivity index (χ3n) is 2.62. The van der Waals surface area contributed by atoms with Gasteiger partial charge in [-0.1, -0.05) is 18.2 Å². The molecule has 102 valence electrons. The molecule has 0 bridgehead atoms. The minimum atomic E-state index is -0.662. The minimum absolute atomic E-state index is 0.0465. The first-order valence-corrected chi connectivity index (χ1v) is 6.38. The van der Waals surface area contributed by atoms with Crippen LogP contribution in [-0.4, -0.2) is 10.8 Å². The first-order valence-electron chi connectivity index (χ1n) is 5.59. The van der Waals surface area contributed by atoms with E-state index in [2.05, 4.69) is 21.2 Å². The Kier molecular flexibility index (Phi) is 3.99. The zero-order valence-corrected chi connectivity index (χ0v) is 11.8. The Hall–Kier alpha value is -2.41. The summed E-state index contributed by atoms with van der Waals surface area (Å²) in [6.45, 7) is 0. The van der Waals surface area contributed by atoms with Gasteiger partial charge < -0.3 is 11.1 Å². The summed E-state index contributed by atoms with van der Waals surface area (Å²) in [5.74, 6) is -0.587. The number of benzene rings is 2. The molecule has 6 nitrogen and oxygen atoms in total. The van der Waals surface area contributed by atoms with E-state index in [1.165, 1.54) is 18.2 Å². The number of hydrogen-bond acceptors (Lipinski definition) is 4. The standard InChI is InChI=1S/C13H10BrN3O3/c14-9-5-1-2-7-11(9)16-13(18)8-4-3-6-10(15)12(8)17(19)20/h1-7H,15H2,(H,16,18). The van der Waals surface area contributed by atoms with Gasteiger partial charge in [0, 0.05) is 4.47 Å². The highest BCUT2D eigenvalue weighted by atomic mass is 79.9. The van der Waals surface area contributed by atoms with Gasteiger partial charge in [-0.3, -0.25) is 14.9 Å². The molecule has 1 amide bonds. The van der Waals surface area contributed by atoms with Gasteiger partial charge in [0.15, 0.2) is 0 Å². The van der Waals surface area contributed by atoms with E-state index in [9.17, 15) is 14.9 Å². The Morgan fingerprint density at radius 1 is 1.20 bits per heavy atom. The van der Waals surface area contributed by atoms with Crippen molar-refractivity contribution in [2.24, 2.45) is 0 Å². The Morgan fingerprint density at radius 3 is 2.55 bits per heavy atom. The lowest BCUT2D eigenvalue weighted by molar-refractivity contribution is -0.384. The van der Waals surface area contributed by atoms with Crippen molar-refractivity contribution in [2.45, 2.75) is 0 Å². The number of hydrogen-bond donors (Lipinski definition) is 2. The van der Waals surface area contributed by atoms with Gasteiger partial charge in [0.1, 0.15) is 11.3 Å². The van der Waals surface area contributed by atoms with Gasteiger partial charge >= 0.3 is 5.69 Å². The monoisotopic (exact) mass is 335 g/mol. The zero-order chi connectivity index (χ0) is 14.7. The predicted octanol–water partition coefficient (Wildman–Crippen LogP) is 3.19. The molecular formula is C13H10BrN3O3. The van der Waals surface area contributed by atoms with Crippen LogP contribution >= 0.6 is 15.9 Å². The van der Waals surface area contributed by atoms with Crippen LogP contribution < -0.4 is 11.1 Å². The molecule has 0 saturated heterocycles. The normalized spacial score (nSPS) is 10.1. The van der Waals surface area contributed by atoms with Gasteiger partial charge in [-0.2, -0.15) is 0 Å². The van der Waals surface area contributed by atoms with E-state index in [0.29, 0.717) is 10.2 Å². The number of para-hydroxylation sites is 2. The molecule has 0 saturated carbocycles. The molecule has 0 aliphatic rings. The van der Waals surface area contributed by atoms with Crippen LogP contribution in [-0.2, 0) is 0 Å². The molecule has 20 heavy (non-hydrogen) atoms. The van der Waals surface area contributed by atoms with Crippen molar-refractivity contribution in [1.29, 1.82) is 0 Å². The Balaban J connectivity index is 2.38. The molecule has 0 atom stereocenters. The predicted molar refractivity (Wildman–Crippen MR) is 79.6 cm³/mol. The molecule has 0 fully saturated rings. The number of carbonyl (C=O) groups excluding carboxylic acids is 1. The largest absolute Gasteiger partial charge is 0.393 e. The lowest BCUT2D eigenvalue weighted by Gasteiger charge is -2.08. The van der Waals surface area contributed by atoms with Gasteiger partial charge in [0.25, 0.3) is 5.91 Å². The quantitative estimate of drug-likeness (QED) is 0.511. The van der Waals surface area contributed by atoms with E-state index in [1.807, 2.05) is 0 Å². The molecule has 2 aromatic carbocycles. The number of nitrogens with two attached hydrogens (primary N) is 1. The summed E-state index contributed by atoms with van der Waals surface area (Å²) >= 11 is 3.29. The average molecular weight is 336 g/mol. The Morgan fingerprint density at radius 2 is 1.90 bits per heavy atom. The third kappa shape index (κ3) is 2.77. The second-order valence-corrected chi connectivity index (χ2v) is 4.79. The molecule has 3 N–H and O–H groups in total. The van der Waals surface area contributed by atoms with Crippen molar-refractivity contribution < 1.29 is 9.72 Å². The number of carbonyl (C=O) groups is 1. The first-order chi connectivity index (χ1) is 9.50. The van der Waals surface area contributed by atoms with Gasteiger partial charge in [-0.15, -0.1) is 0 Å². The molecule has 0 aromatic heterocycles. The summed E-state index contributed by atoms with van der Waals surface area (Å²) in [4.78, 5) is 22.5. The van der Waals surface area contributed by atoms with Gasteiger partial charge in [0.05, 0.1) is 10.6 Å². The highest BCUT2D eigenvalue weighted by Crippen LogP contribution is 2.28. The van der Waals surface area contributed by atoms with Gasteiger partial charge in [-0.25, -0.2) is 0 Å². The highest BCUT2D eigenvalue weighted by molar-refractivity contribution is 9.10. The Bertz CT molecular complexity index is 688. The van der Waals surface area contributed by atoms with Crippen LogP contribution in [0.2, 0.25) is 0 Å². The van der Waals surface area contributed by atoms with E-state index >= 15 is 0 Å². The fraction of sp³-hybridized carbons (Fsp3) is 0. The van der Waals surface area contributed by atoms with E-state index in [4.69, 9.17) is 5.73 Å². The summed E-state index contributed by atoms with van der Waals surface area (Å²) in [5.41, 5.74) is 5.56. The number of nitrogens with one attached hydrogen (secondary N) is 1. The number of nitro groups is 1. The van der Waals surface area contributed by atoms with Crippen molar-refractivity contribution in [3.63, 3.8) is 0 Å². The lowest BCUT2D eigenvalue weighted by atomic mass is 10.1. The number of amides is 1. The lowest BCUT2D eigenvalue weighted by Crippen LogP contribution is -2.15. The van der Waals surface area contributed by atoms with Crippen LogP contribution in [0.3, 0.4) is 0 Å². The first kappa shape index (κ1) is 14.0. The molecule has 0 aliphatic heterocycles. The van der Waals surface area contributed by atoms with Crippen molar-refractivity contribution >= 4 is 38.9 Å². The number of rotatable bonds is 3. The minimum Gasteiger partial charge on any atom is -0.393 e. The zero-order valence-electron chi connectivity index (χ0n) is 10.2. The van der Waals surface area contributed by atoms with Crippen molar-refractivity contribution in [1.82, 2.24) is 0 Å². The molecule has 7 heteroatoms. The number of nitro benzene ring substituents is 1. The summed E-state index contributed by atoms with van der Waals surface area (Å²) in [6.07, 6.45) is 0. The van der Waals surface area contributed by atoms with Crippen LogP contribution in [0.4, 0.5) is 17.1 Å². The molecule has 0 radical (unpaired) electrons. The number of halogens is 1. The van der Waals surface area contributed by atoms with Crippen LogP contribution in [0.1, 0.15) is 10.4 Å². The average Bonchev–Trinajstić information content (AvgIpc) is 2.40. The number of anilines is 2. The summed E-state index contributed by atoms with van der Waals surface area (Å²) < 4.78 is 0.680. The fourth-order valence-electron chi connectivity index (χ4n) is 1.70. The van der Waals surface area contributed by atoms with Crippen molar-refractivity contribution in [3.8, 4) is 0 Å². The van der Waals surface area contributed by atoms with Crippen LogP contribution in [0.5, 0.6) is 0 Å². The third-order valence-corrected chi connectivity index (χ3v) is 3.31. The van der Waals surface area contributed by atoms with E-state index < -0.39 is 16.5 Å². The second kappa shape index (κ2) is 5.70. The maximum Gasteiger partial charge on any atom is 0.304 e. The van der Waals surface area contributed by atoms with Crippen LogP contribution in [0, 0.1) is 10.1 Å². The van der Waals surface area contributed by atoms with Crippen molar-refractivity contribution in [3.05, 3.63) is 62.6 Å². The smallest absolute Gasteiger partial charge is 0.304 e. The van der Waals surface area contributed by atoms with E-state index in [0.717, 1.165) is 0 Å². The maximum atomic E-state index is 12.2. The molecule has 0 spiro atoms. The Labute approximate surface area is 122 Å². The van der Waals surface area contributed by atoms with Gasteiger partial charge in [0.2, 0.25) is 0 Å². The second-order valence-electron chi connectivity index (χ2n) is 3.93. The molecule has 2 aromatic rings.